The molecule has 112 valence electrons. The van der Waals surface area contributed by atoms with Gasteiger partial charge in [-0.25, -0.2) is 9.13 Å². The van der Waals surface area contributed by atoms with Crippen molar-refractivity contribution in [1.29, 1.82) is 0 Å². The van der Waals surface area contributed by atoms with E-state index >= 15 is 0 Å². The molecule has 22 heavy (non-hydrogen) atoms. The monoisotopic (exact) mass is 295 g/mol. The van der Waals surface area contributed by atoms with Crippen LogP contribution < -0.4 is 9.30 Å². The number of ether oxygens (including phenoxy) is 1. The summed E-state index contributed by atoms with van der Waals surface area (Å²) in [7, 11) is 3.66. The van der Waals surface area contributed by atoms with Gasteiger partial charge in [0.05, 0.1) is 20.7 Å². The van der Waals surface area contributed by atoms with Crippen molar-refractivity contribution in [2.45, 2.75) is 13.5 Å². The molecule has 5 nitrogen and oxygen atoms in total. The average molecular weight is 295 g/mol. The van der Waals surface area contributed by atoms with Crippen molar-refractivity contribution < 1.29 is 9.30 Å². The first-order valence-corrected chi connectivity index (χ1v) is 7.27. The maximum Gasteiger partial charge on any atom is 0.422 e. The molecule has 0 bridgehead atoms. The fraction of sp³-hybridized carbons (Fsp3) is 0.235. The van der Waals surface area contributed by atoms with Gasteiger partial charge >= 0.3 is 5.95 Å². The Bertz CT molecular complexity index is 819. The van der Waals surface area contributed by atoms with E-state index in [1.54, 1.807) is 7.11 Å². The van der Waals surface area contributed by atoms with Crippen molar-refractivity contribution in [3.63, 3.8) is 0 Å². The number of imidazole rings is 1. The van der Waals surface area contributed by atoms with Crippen LogP contribution in [0.15, 0.2) is 58.8 Å². The van der Waals surface area contributed by atoms with E-state index in [4.69, 9.17) is 4.74 Å². The molecule has 1 aromatic heterocycles. The molecule has 0 aliphatic heterocycles. The third-order valence-corrected chi connectivity index (χ3v) is 3.72. The summed E-state index contributed by atoms with van der Waals surface area (Å²) in [6.45, 7) is 2.96. The topological polar surface area (TPSA) is 42.8 Å². The largest absolute Gasteiger partial charge is 0.497 e. The molecule has 0 N–H and O–H groups in total. The Kier molecular flexibility index (Phi) is 3.87. The zero-order chi connectivity index (χ0) is 15.5. The van der Waals surface area contributed by atoms with Gasteiger partial charge in [-0.05, 0) is 43.3 Å². The van der Waals surface area contributed by atoms with E-state index in [1.165, 1.54) is 0 Å². The van der Waals surface area contributed by atoms with Gasteiger partial charge in [0.1, 0.15) is 22.5 Å². The molecule has 5 heteroatoms. The molecule has 0 fully saturated rings. The molecule has 0 spiro atoms. The minimum Gasteiger partial charge on any atom is -0.497 e. The van der Waals surface area contributed by atoms with Crippen LogP contribution in [0.3, 0.4) is 0 Å². The average Bonchev–Trinajstić information content (AvgIpc) is 2.85. The first-order valence-electron chi connectivity index (χ1n) is 7.27. The highest BCUT2D eigenvalue weighted by atomic mass is 16.5. The molecule has 0 saturated carbocycles. The minimum atomic E-state index is 0.800. The molecule has 2 aromatic carbocycles. The van der Waals surface area contributed by atoms with E-state index in [0.717, 1.165) is 35.0 Å². The second-order valence-corrected chi connectivity index (χ2v) is 4.99. The van der Waals surface area contributed by atoms with Crippen molar-refractivity contribution in [2.75, 3.05) is 7.11 Å². The second kappa shape index (κ2) is 5.97. The maximum absolute atomic E-state index is 5.15. The summed E-state index contributed by atoms with van der Waals surface area (Å²) in [6, 6.07) is 15.8. The number of rotatable bonds is 4. The molecular weight excluding hydrogens is 276 g/mol. The molecular formula is C17H19N4O+. The number of aromatic nitrogens is 2. The lowest BCUT2D eigenvalue weighted by Crippen LogP contribution is -2.26. The minimum absolute atomic E-state index is 0.800. The van der Waals surface area contributed by atoms with Crippen LogP contribution in [0.4, 0.5) is 11.6 Å². The Balaban J connectivity index is 2.02. The van der Waals surface area contributed by atoms with Crippen molar-refractivity contribution in [3.05, 3.63) is 48.5 Å². The first kappa shape index (κ1) is 14.3. The zero-order valence-corrected chi connectivity index (χ0v) is 13.0. The lowest BCUT2D eigenvalue weighted by atomic mass is 10.3. The summed E-state index contributed by atoms with van der Waals surface area (Å²) in [5, 5.41) is 8.79. The highest BCUT2D eigenvalue weighted by Crippen LogP contribution is 2.23. The van der Waals surface area contributed by atoms with Gasteiger partial charge in [0, 0.05) is 5.11 Å². The van der Waals surface area contributed by atoms with Crippen LogP contribution in [0, 0.1) is 0 Å². The number of hydrogen-bond donors (Lipinski definition) is 0. The molecule has 0 aliphatic rings. The molecule has 0 amide bonds. The van der Waals surface area contributed by atoms with Crippen LogP contribution in [0.5, 0.6) is 5.75 Å². The summed E-state index contributed by atoms with van der Waals surface area (Å²) >= 11 is 0. The normalized spacial score (nSPS) is 11.4. The van der Waals surface area contributed by atoms with Gasteiger partial charge in [-0.3, -0.25) is 0 Å². The SMILES string of the molecule is CCn1c(N=Nc2ccc(OC)cc2)[n+](C)c2ccccc21. The Hall–Kier alpha value is -2.69. The van der Waals surface area contributed by atoms with Crippen LogP contribution in [0.25, 0.3) is 11.0 Å². The first-order chi connectivity index (χ1) is 10.7. The number of benzene rings is 2. The van der Waals surface area contributed by atoms with Crippen molar-refractivity contribution in [1.82, 2.24) is 4.57 Å². The summed E-state index contributed by atoms with van der Waals surface area (Å²) in [5.74, 6) is 1.65. The van der Waals surface area contributed by atoms with Crippen molar-refractivity contribution in [3.8, 4) is 5.75 Å². The highest BCUT2D eigenvalue weighted by molar-refractivity contribution is 5.73. The Morgan fingerprint density at radius 2 is 1.77 bits per heavy atom. The molecule has 3 aromatic rings. The van der Waals surface area contributed by atoms with E-state index in [2.05, 4.69) is 38.4 Å². The molecule has 1 heterocycles. The van der Waals surface area contributed by atoms with Crippen LogP contribution >= 0.6 is 0 Å². The van der Waals surface area contributed by atoms with E-state index < -0.39 is 0 Å². The zero-order valence-electron chi connectivity index (χ0n) is 13.0. The number of para-hydroxylation sites is 2. The highest BCUT2D eigenvalue weighted by Gasteiger charge is 2.20. The fourth-order valence-corrected chi connectivity index (χ4v) is 2.56. The molecule has 0 atom stereocenters. The maximum atomic E-state index is 5.15. The standard InChI is InChI=1S/C17H19N4O/c1-4-21-16-8-6-5-7-15(16)20(2)17(21)19-18-13-9-11-14(22-3)12-10-13/h5-12H,4H2,1-3H3/q+1. The lowest BCUT2D eigenvalue weighted by Gasteiger charge is -1.97. The van der Waals surface area contributed by atoms with Crippen molar-refractivity contribution >= 4 is 22.7 Å². The lowest BCUT2D eigenvalue weighted by molar-refractivity contribution is -0.632. The Morgan fingerprint density at radius 1 is 1.05 bits per heavy atom. The number of azo groups is 1. The van der Waals surface area contributed by atoms with E-state index in [-0.39, 0.29) is 0 Å². The smallest absolute Gasteiger partial charge is 0.422 e. The summed E-state index contributed by atoms with van der Waals surface area (Å²) in [4.78, 5) is 0. The number of fused-ring (bicyclic) bond motifs is 1. The van der Waals surface area contributed by atoms with Gasteiger partial charge in [0.25, 0.3) is 0 Å². The number of methoxy groups -OCH3 is 1. The second-order valence-electron chi connectivity index (χ2n) is 4.99. The van der Waals surface area contributed by atoms with E-state index in [1.807, 2.05) is 43.4 Å². The predicted octanol–water partition coefficient (Wildman–Crippen LogP) is 3.91. The van der Waals surface area contributed by atoms with Gasteiger partial charge in [0.15, 0.2) is 0 Å². The predicted molar refractivity (Wildman–Crippen MR) is 86.0 cm³/mol. The summed E-state index contributed by atoms with van der Waals surface area (Å²) < 4.78 is 9.36. The molecule has 0 radical (unpaired) electrons. The molecule has 3 rings (SSSR count). The molecule has 0 aliphatic carbocycles. The van der Waals surface area contributed by atoms with Gasteiger partial charge in [0.2, 0.25) is 0 Å². The number of nitrogens with zero attached hydrogens (tertiary/aromatic N) is 4. The van der Waals surface area contributed by atoms with E-state index in [0.29, 0.717) is 0 Å². The van der Waals surface area contributed by atoms with Crippen LogP contribution in [-0.2, 0) is 13.6 Å². The van der Waals surface area contributed by atoms with Crippen LogP contribution in [0.1, 0.15) is 6.92 Å². The Labute approximate surface area is 129 Å². The van der Waals surface area contributed by atoms with Gasteiger partial charge in [-0.1, -0.05) is 17.2 Å². The third kappa shape index (κ3) is 2.45. The van der Waals surface area contributed by atoms with E-state index in [9.17, 15) is 0 Å². The summed E-state index contributed by atoms with van der Waals surface area (Å²) in [5.41, 5.74) is 3.11. The molecule has 0 saturated heterocycles. The van der Waals surface area contributed by atoms with Gasteiger partial charge < -0.3 is 4.74 Å². The van der Waals surface area contributed by atoms with Crippen LogP contribution in [0.2, 0.25) is 0 Å². The van der Waals surface area contributed by atoms with Gasteiger partial charge in [-0.15, -0.1) is 0 Å². The van der Waals surface area contributed by atoms with Crippen LogP contribution in [-0.4, -0.2) is 11.7 Å². The van der Waals surface area contributed by atoms with Crippen molar-refractivity contribution in [2.24, 2.45) is 17.3 Å². The summed E-state index contributed by atoms with van der Waals surface area (Å²) in [6.07, 6.45) is 0. The number of hydrogen-bond acceptors (Lipinski definition) is 3. The van der Waals surface area contributed by atoms with Gasteiger partial charge in [-0.2, -0.15) is 0 Å². The molecule has 0 unspecified atom stereocenters. The fourth-order valence-electron chi connectivity index (χ4n) is 2.56. The number of aryl methyl sites for hydroxylation is 2. The quantitative estimate of drug-likeness (QED) is 0.531. The third-order valence-electron chi connectivity index (χ3n) is 3.72. The Morgan fingerprint density at radius 3 is 2.45 bits per heavy atom.